The molecule has 2 aromatic heterocycles. The number of rotatable bonds is 8. The summed E-state index contributed by atoms with van der Waals surface area (Å²) in [7, 11) is -0.621. The predicted molar refractivity (Wildman–Crippen MR) is 147 cm³/mol. The lowest BCUT2D eigenvalue weighted by molar-refractivity contribution is 0.122. The molecule has 5 rings (SSSR count). The third-order valence-electron chi connectivity index (χ3n) is 7.00. The number of ether oxygens (including phenoxy) is 2. The van der Waals surface area contributed by atoms with Crippen LogP contribution in [-0.2, 0) is 21.3 Å². The SMILES string of the molecule is COc1ncc(N2CCOCC2)cc1S(=O)(=O)Nc1cncc(-c2ccc(CN3CCN(C)CC3)cc2F)c1. The lowest BCUT2D eigenvalue weighted by Gasteiger charge is -2.32. The van der Waals surface area contributed by atoms with Gasteiger partial charge in [-0.25, -0.2) is 17.8 Å². The van der Waals surface area contributed by atoms with Crippen molar-refractivity contribution in [3.8, 4) is 17.0 Å². The van der Waals surface area contributed by atoms with Gasteiger partial charge in [0.15, 0.2) is 4.90 Å². The second kappa shape index (κ2) is 11.8. The van der Waals surface area contributed by atoms with E-state index in [1.54, 1.807) is 18.3 Å². The van der Waals surface area contributed by atoms with Gasteiger partial charge in [0, 0.05) is 63.1 Å². The fraction of sp³-hybridized carbons (Fsp3) is 0.407. The van der Waals surface area contributed by atoms with Gasteiger partial charge in [-0.15, -0.1) is 0 Å². The molecule has 0 saturated carbocycles. The highest BCUT2D eigenvalue weighted by Crippen LogP contribution is 2.30. The normalized spacial score (nSPS) is 17.3. The summed E-state index contributed by atoms with van der Waals surface area (Å²) in [5, 5.41) is 0. The van der Waals surface area contributed by atoms with Gasteiger partial charge in [-0.1, -0.05) is 12.1 Å². The lowest BCUT2D eigenvalue weighted by Crippen LogP contribution is -2.43. The van der Waals surface area contributed by atoms with Gasteiger partial charge in [0.05, 0.1) is 44.1 Å². The van der Waals surface area contributed by atoms with Crippen molar-refractivity contribution in [3.63, 3.8) is 0 Å². The first kappa shape index (κ1) is 27.3. The van der Waals surface area contributed by atoms with Crippen molar-refractivity contribution in [2.75, 3.05) is 76.3 Å². The molecule has 2 saturated heterocycles. The number of methoxy groups -OCH3 is 1. The molecule has 2 fully saturated rings. The van der Waals surface area contributed by atoms with E-state index in [1.165, 1.54) is 31.6 Å². The molecule has 0 aliphatic carbocycles. The molecule has 3 aromatic rings. The summed E-state index contributed by atoms with van der Waals surface area (Å²) in [4.78, 5) is 14.9. The van der Waals surface area contributed by atoms with Crippen LogP contribution < -0.4 is 14.4 Å². The zero-order valence-electron chi connectivity index (χ0n) is 22.1. The molecular weight excluding hydrogens is 523 g/mol. The van der Waals surface area contributed by atoms with Crippen molar-refractivity contribution in [2.24, 2.45) is 0 Å². The number of nitrogens with zero attached hydrogens (tertiary/aromatic N) is 5. The Hall–Kier alpha value is -3.32. The third kappa shape index (κ3) is 6.47. The molecule has 4 heterocycles. The molecule has 39 heavy (non-hydrogen) atoms. The van der Waals surface area contributed by atoms with Gasteiger partial charge in [-0.05, 0) is 30.8 Å². The van der Waals surface area contributed by atoms with Gasteiger partial charge in [0.25, 0.3) is 10.0 Å². The van der Waals surface area contributed by atoms with E-state index in [2.05, 4.69) is 31.5 Å². The fourth-order valence-corrected chi connectivity index (χ4v) is 5.94. The number of benzene rings is 1. The van der Waals surface area contributed by atoms with Crippen molar-refractivity contribution in [1.29, 1.82) is 0 Å². The number of halogens is 1. The van der Waals surface area contributed by atoms with Crippen LogP contribution in [0.15, 0.2) is 53.8 Å². The minimum atomic E-state index is -4.09. The van der Waals surface area contributed by atoms with E-state index >= 15 is 4.39 Å². The molecule has 12 heteroatoms. The molecule has 2 aliphatic rings. The molecular formula is C27H33FN6O4S. The van der Waals surface area contributed by atoms with E-state index in [-0.39, 0.29) is 22.3 Å². The number of likely N-dealkylation sites (N-methyl/N-ethyl adjacent to an activating group) is 1. The molecule has 0 spiro atoms. The van der Waals surface area contributed by atoms with E-state index in [9.17, 15) is 8.42 Å². The number of anilines is 2. The highest BCUT2D eigenvalue weighted by Gasteiger charge is 2.24. The van der Waals surface area contributed by atoms with Gasteiger partial charge in [0.2, 0.25) is 5.88 Å². The topological polar surface area (TPSA) is 100 Å². The standard InChI is InChI=1S/C27H33FN6O4S/c1-32-5-7-33(8-6-32)19-20-3-4-24(25(28)13-20)21-14-22(17-29-16-21)31-39(35,36)26-15-23(18-30-27(26)37-2)34-9-11-38-12-10-34/h3-4,13-18,31H,5-12,19H2,1-2H3. The maximum atomic E-state index is 15.2. The zero-order chi connectivity index (χ0) is 27.4. The molecule has 0 amide bonds. The second-order valence-electron chi connectivity index (χ2n) is 9.76. The van der Waals surface area contributed by atoms with E-state index in [0.717, 1.165) is 31.7 Å². The van der Waals surface area contributed by atoms with Crippen molar-refractivity contribution >= 4 is 21.4 Å². The Labute approximate surface area is 228 Å². The molecule has 0 atom stereocenters. The lowest BCUT2D eigenvalue weighted by atomic mass is 10.0. The molecule has 10 nitrogen and oxygen atoms in total. The number of pyridine rings is 2. The number of morpholine rings is 1. The summed E-state index contributed by atoms with van der Waals surface area (Å²) in [6, 6.07) is 8.26. The summed E-state index contributed by atoms with van der Waals surface area (Å²) < 4.78 is 55.2. The number of aromatic nitrogens is 2. The summed E-state index contributed by atoms with van der Waals surface area (Å²) in [5.41, 5.74) is 2.56. The Bertz CT molecular complexity index is 1410. The van der Waals surface area contributed by atoms with Crippen LogP contribution in [0.25, 0.3) is 11.1 Å². The minimum Gasteiger partial charge on any atom is -0.480 e. The number of hydrogen-bond acceptors (Lipinski definition) is 9. The van der Waals surface area contributed by atoms with Crippen LogP contribution >= 0.6 is 0 Å². The molecule has 208 valence electrons. The van der Waals surface area contributed by atoms with Crippen molar-refractivity contribution in [2.45, 2.75) is 11.4 Å². The van der Waals surface area contributed by atoms with E-state index in [1.807, 2.05) is 11.0 Å². The number of nitrogens with one attached hydrogen (secondary N) is 1. The molecule has 0 radical (unpaired) electrons. The first-order valence-corrected chi connectivity index (χ1v) is 14.3. The van der Waals surface area contributed by atoms with Crippen LogP contribution in [-0.4, -0.2) is 94.8 Å². The van der Waals surface area contributed by atoms with E-state index < -0.39 is 10.0 Å². The van der Waals surface area contributed by atoms with Gasteiger partial charge in [-0.2, -0.15) is 0 Å². The quantitative estimate of drug-likeness (QED) is 0.449. The summed E-state index contributed by atoms with van der Waals surface area (Å²) in [6.45, 7) is 6.93. The van der Waals surface area contributed by atoms with Crippen molar-refractivity contribution in [1.82, 2.24) is 19.8 Å². The van der Waals surface area contributed by atoms with Crippen LogP contribution in [0.3, 0.4) is 0 Å². The van der Waals surface area contributed by atoms with E-state index in [4.69, 9.17) is 9.47 Å². The van der Waals surface area contributed by atoms with Gasteiger partial charge in [0.1, 0.15) is 5.82 Å². The Morgan fingerprint density at radius 2 is 1.79 bits per heavy atom. The Morgan fingerprint density at radius 1 is 1.03 bits per heavy atom. The highest BCUT2D eigenvalue weighted by molar-refractivity contribution is 7.92. The van der Waals surface area contributed by atoms with Crippen LogP contribution in [0.4, 0.5) is 15.8 Å². The molecule has 0 bridgehead atoms. The van der Waals surface area contributed by atoms with Crippen molar-refractivity contribution in [3.05, 3.63) is 60.3 Å². The summed E-state index contributed by atoms with van der Waals surface area (Å²) >= 11 is 0. The molecule has 2 aliphatic heterocycles. The Balaban J connectivity index is 1.35. The smallest absolute Gasteiger partial charge is 0.267 e. The Kier molecular flexibility index (Phi) is 8.26. The molecule has 1 N–H and O–H groups in total. The van der Waals surface area contributed by atoms with E-state index in [0.29, 0.717) is 49.7 Å². The fourth-order valence-electron chi connectivity index (χ4n) is 4.77. The zero-order valence-corrected chi connectivity index (χ0v) is 23.0. The highest BCUT2D eigenvalue weighted by atomic mass is 32.2. The largest absolute Gasteiger partial charge is 0.480 e. The predicted octanol–water partition coefficient (Wildman–Crippen LogP) is 2.68. The maximum absolute atomic E-state index is 15.2. The average molecular weight is 557 g/mol. The van der Waals surface area contributed by atoms with Crippen LogP contribution in [0.1, 0.15) is 5.56 Å². The summed E-state index contributed by atoms with van der Waals surface area (Å²) in [5.74, 6) is -0.405. The minimum absolute atomic E-state index is 0.0226. The monoisotopic (exact) mass is 556 g/mol. The van der Waals surface area contributed by atoms with Crippen molar-refractivity contribution < 1.29 is 22.3 Å². The number of hydrogen-bond donors (Lipinski definition) is 1. The average Bonchev–Trinajstić information content (AvgIpc) is 2.94. The first-order chi connectivity index (χ1) is 18.8. The first-order valence-electron chi connectivity index (χ1n) is 12.9. The van der Waals surface area contributed by atoms with Gasteiger partial charge >= 0.3 is 0 Å². The van der Waals surface area contributed by atoms with Crippen LogP contribution in [0, 0.1) is 5.82 Å². The van der Waals surface area contributed by atoms with Gasteiger partial charge in [-0.3, -0.25) is 14.6 Å². The van der Waals surface area contributed by atoms with Crippen LogP contribution in [0.2, 0.25) is 0 Å². The maximum Gasteiger partial charge on any atom is 0.267 e. The number of sulfonamides is 1. The second-order valence-corrected chi connectivity index (χ2v) is 11.4. The third-order valence-corrected chi connectivity index (χ3v) is 8.38. The molecule has 0 unspecified atom stereocenters. The Morgan fingerprint density at radius 3 is 2.51 bits per heavy atom. The van der Waals surface area contributed by atoms with Crippen LogP contribution in [0.5, 0.6) is 5.88 Å². The molecule has 1 aromatic carbocycles. The van der Waals surface area contributed by atoms with Gasteiger partial charge < -0.3 is 19.3 Å². The number of piperazine rings is 1. The summed E-state index contributed by atoms with van der Waals surface area (Å²) in [6.07, 6.45) is 4.48.